The molecule has 0 saturated carbocycles. The van der Waals surface area contributed by atoms with Crippen LogP contribution in [0.15, 0.2) is 24.3 Å². The summed E-state index contributed by atoms with van der Waals surface area (Å²) < 4.78 is 5.06. The summed E-state index contributed by atoms with van der Waals surface area (Å²) in [5.74, 6) is -0.380. The van der Waals surface area contributed by atoms with Crippen molar-refractivity contribution in [2.45, 2.75) is 19.8 Å². The van der Waals surface area contributed by atoms with E-state index < -0.39 is 0 Å². The van der Waals surface area contributed by atoms with Gasteiger partial charge in [-0.25, -0.2) is 0 Å². The number of benzene rings is 1. The van der Waals surface area contributed by atoms with Gasteiger partial charge in [0.2, 0.25) is 5.91 Å². The number of nitrogens with zero attached hydrogens (tertiary/aromatic N) is 1. The van der Waals surface area contributed by atoms with Crippen molar-refractivity contribution < 1.29 is 14.3 Å². The summed E-state index contributed by atoms with van der Waals surface area (Å²) in [6.07, 6.45) is 1.73. The molecule has 1 amide bonds. The van der Waals surface area contributed by atoms with E-state index >= 15 is 0 Å². The lowest BCUT2D eigenvalue weighted by Crippen LogP contribution is -2.43. The highest BCUT2D eigenvalue weighted by Crippen LogP contribution is 2.18. The monoisotopic (exact) mass is 324 g/mol. The molecule has 1 atom stereocenters. The zero-order valence-electron chi connectivity index (χ0n) is 12.7. The zero-order chi connectivity index (χ0) is 15.9. The summed E-state index contributed by atoms with van der Waals surface area (Å²) in [5.41, 5.74) is 0.716. The fourth-order valence-electron chi connectivity index (χ4n) is 2.59. The summed E-state index contributed by atoms with van der Waals surface area (Å²) in [5, 5.41) is 3.46. The molecule has 6 heteroatoms. The molecule has 1 N–H and O–H groups in total. The average molecular weight is 325 g/mol. The van der Waals surface area contributed by atoms with E-state index in [0.717, 1.165) is 19.4 Å². The van der Waals surface area contributed by atoms with E-state index in [9.17, 15) is 9.59 Å². The molecule has 1 saturated heterocycles. The second kappa shape index (κ2) is 8.15. The number of hydrogen-bond acceptors (Lipinski definition) is 4. The van der Waals surface area contributed by atoms with Crippen molar-refractivity contribution in [3.63, 3.8) is 0 Å². The van der Waals surface area contributed by atoms with Crippen LogP contribution in [0.25, 0.3) is 0 Å². The molecular weight excluding hydrogens is 304 g/mol. The first kappa shape index (κ1) is 16.8. The van der Waals surface area contributed by atoms with Crippen LogP contribution in [-0.4, -0.2) is 43.0 Å². The normalized spacial score (nSPS) is 18.7. The Morgan fingerprint density at radius 1 is 1.36 bits per heavy atom. The largest absolute Gasteiger partial charge is 0.466 e. The molecule has 1 aliphatic rings. The molecule has 0 spiro atoms. The Hall–Kier alpha value is -1.59. The third-order valence-electron chi connectivity index (χ3n) is 3.62. The number of anilines is 1. The number of rotatable bonds is 5. The maximum Gasteiger partial charge on any atom is 0.310 e. The number of hydrogen-bond donors (Lipinski definition) is 1. The van der Waals surface area contributed by atoms with Crippen molar-refractivity contribution in [2.24, 2.45) is 5.92 Å². The number of likely N-dealkylation sites (tertiary alicyclic amines) is 1. The Morgan fingerprint density at radius 2 is 2.09 bits per heavy atom. The van der Waals surface area contributed by atoms with Gasteiger partial charge in [-0.15, -0.1) is 0 Å². The molecule has 1 aliphatic heterocycles. The van der Waals surface area contributed by atoms with Gasteiger partial charge in [-0.05, 0) is 50.6 Å². The van der Waals surface area contributed by atoms with E-state index in [2.05, 4.69) is 5.32 Å². The molecule has 0 radical (unpaired) electrons. The molecule has 22 heavy (non-hydrogen) atoms. The smallest absolute Gasteiger partial charge is 0.310 e. The van der Waals surface area contributed by atoms with Crippen LogP contribution in [0.3, 0.4) is 0 Å². The minimum Gasteiger partial charge on any atom is -0.466 e. The fourth-order valence-corrected chi connectivity index (χ4v) is 2.71. The van der Waals surface area contributed by atoms with Gasteiger partial charge in [0.25, 0.3) is 0 Å². The molecule has 1 heterocycles. The van der Waals surface area contributed by atoms with Crippen molar-refractivity contribution in [3.8, 4) is 0 Å². The van der Waals surface area contributed by atoms with Gasteiger partial charge in [-0.3, -0.25) is 14.5 Å². The molecule has 0 bridgehead atoms. The van der Waals surface area contributed by atoms with Crippen molar-refractivity contribution in [2.75, 3.05) is 31.6 Å². The summed E-state index contributed by atoms with van der Waals surface area (Å²) in [4.78, 5) is 25.9. The summed E-state index contributed by atoms with van der Waals surface area (Å²) in [6.45, 7) is 3.87. The Morgan fingerprint density at radius 3 is 2.77 bits per heavy atom. The van der Waals surface area contributed by atoms with Crippen LogP contribution in [0, 0.1) is 5.92 Å². The van der Waals surface area contributed by atoms with Crippen molar-refractivity contribution >= 4 is 29.2 Å². The first-order chi connectivity index (χ1) is 10.6. The topological polar surface area (TPSA) is 58.6 Å². The highest BCUT2D eigenvalue weighted by atomic mass is 35.5. The number of esters is 1. The van der Waals surface area contributed by atoms with Crippen LogP contribution in [0.2, 0.25) is 5.02 Å². The lowest BCUT2D eigenvalue weighted by atomic mass is 9.98. The van der Waals surface area contributed by atoms with E-state index in [1.54, 1.807) is 31.2 Å². The van der Waals surface area contributed by atoms with Gasteiger partial charge in [-0.1, -0.05) is 11.6 Å². The number of carbonyl (C=O) groups excluding carboxylic acids is 2. The quantitative estimate of drug-likeness (QED) is 0.846. The second-order valence-electron chi connectivity index (χ2n) is 5.38. The van der Waals surface area contributed by atoms with Crippen LogP contribution in [-0.2, 0) is 14.3 Å². The third-order valence-corrected chi connectivity index (χ3v) is 3.87. The number of amides is 1. The van der Waals surface area contributed by atoms with Gasteiger partial charge >= 0.3 is 5.97 Å². The molecule has 0 aromatic heterocycles. The van der Waals surface area contributed by atoms with Gasteiger partial charge in [0.15, 0.2) is 0 Å². The number of nitrogens with one attached hydrogen (secondary N) is 1. The molecule has 0 aliphatic carbocycles. The van der Waals surface area contributed by atoms with Gasteiger partial charge in [-0.2, -0.15) is 0 Å². The van der Waals surface area contributed by atoms with Crippen LogP contribution in [0.4, 0.5) is 5.69 Å². The minimum atomic E-state index is -0.162. The fraction of sp³-hybridized carbons (Fsp3) is 0.500. The average Bonchev–Trinajstić information content (AvgIpc) is 2.50. The van der Waals surface area contributed by atoms with Crippen LogP contribution < -0.4 is 5.32 Å². The predicted octanol–water partition coefficient (Wildman–Crippen LogP) is 2.55. The van der Waals surface area contributed by atoms with Gasteiger partial charge in [0.1, 0.15) is 0 Å². The summed E-state index contributed by atoms with van der Waals surface area (Å²) >= 11 is 5.81. The van der Waals surface area contributed by atoms with Crippen molar-refractivity contribution in [1.82, 2.24) is 4.90 Å². The molecular formula is C16H21ClN2O3. The summed E-state index contributed by atoms with van der Waals surface area (Å²) in [7, 11) is 0. The molecule has 1 aromatic rings. The van der Waals surface area contributed by atoms with E-state index in [1.165, 1.54) is 0 Å². The maximum atomic E-state index is 12.1. The highest BCUT2D eigenvalue weighted by molar-refractivity contribution is 6.30. The second-order valence-corrected chi connectivity index (χ2v) is 5.82. The zero-order valence-corrected chi connectivity index (χ0v) is 13.4. The Bertz CT molecular complexity index is 519. The molecule has 0 unspecified atom stereocenters. The van der Waals surface area contributed by atoms with Crippen LogP contribution in [0.1, 0.15) is 19.8 Å². The molecule has 120 valence electrons. The number of carbonyl (C=O) groups is 2. The Labute approximate surface area is 135 Å². The third kappa shape index (κ3) is 5.00. The standard InChI is InChI=1S/C16H21ClN2O3/c1-2-22-16(21)12-4-3-9-19(10-12)11-15(20)18-14-7-5-13(17)6-8-14/h5-8,12H,2-4,9-11H2,1H3,(H,18,20)/t12-/m1/s1. The number of piperidine rings is 1. The lowest BCUT2D eigenvalue weighted by molar-refractivity contribution is -0.150. The predicted molar refractivity (Wildman–Crippen MR) is 85.9 cm³/mol. The Kier molecular flexibility index (Phi) is 6.21. The number of halogens is 1. The first-order valence-corrected chi connectivity index (χ1v) is 7.90. The van der Waals surface area contributed by atoms with E-state index in [-0.39, 0.29) is 24.3 Å². The van der Waals surface area contributed by atoms with Gasteiger partial charge in [0.05, 0.1) is 19.1 Å². The van der Waals surface area contributed by atoms with Crippen molar-refractivity contribution in [1.29, 1.82) is 0 Å². The highest BCUT2D eigenvalue weighted by Gasteiger charge is 2.27. The lowest BCUT2D eigenvalue weighted by Gasteiger charge is -2.30. The maximum absolute atomic E-state index is 12.1. The van der Waals surface area contributed by atoms with E-state index in [0.29, 0.717) is 23.9 Å². The minimum absolute atomic E-state index is 0.0909. The molecule has 1 fully saturated rings. The Balaban J connectivity index is 1.83. The number of ether oxygens (including phenoxy) is 1. The molecule has 1 aromatic carbocycles. The van der Waals surface area contributed by atoms with Crippen molar-refractivity contribution in [3.05, 3.63) is 29.3 Å². The molecule has 2 rings (SSSR count). The van der Waals surface area contributed by atoms with E-state index in [4.69, 9.17) is 16.3 Å². The van der Waals surface area contributed by atoms with Crippen LogP contribution >= 0.6 is 11.6 Å². The first-order valence-electron chi connectivity index (χ1n) is 7.53. The van der Waals surface area contributed by atoms with E-state index in [1.807, 2.05) is 4.90 Å². The summed E-state index contributed by atoms with van der Waals surface area (Å²) in [6, 6.07) is 6.99. The SMILES string of the molecule is CCOC(=O)[C@@H]1CCCN(CC(=O)Nc2ccc(Cl)cc2)C1. The van der Waals surface area contributed by atoms with Gasteiger partial charge < -0.3 is 10.1 Å². The van der Waals surface area contributed by atoms with Gasteiger partial charge in [0, 0.05) is 17.3 Å². The molecule has 5 nitrogen and oxygen atoms in total. The van der Waals surface area contributed by atoms with Crippen LogP contribution in [0.5, 0.6) is 0 Å².